The minimum Gasteiger partial charge on any atom is -0.484 e. The quantitative estimate of drug-likeness (QED) is 0.758. The van der Waals surface area contributed by atoms with E-state index in [9.17, 15) is 0 Å². The summed E-state index contributed by atoms with van der Waals surface area (Å²) >= 11 is 0. The summed E-state index contributed by atoms with van der Waals surface area (Å²) in [7, 11) is 0. The van der Waals surface area contributed by atoms with Crippen molar-refractivity contribution in [2.75, 3.05) is 0 Å². The molecule has 2 heterocycles. The number of ether oxygens (including phenoxy) is 1. The van der Waals surface area contributed by atoms with Crippen LogP contribution in [0.3, 0.4) is 0 Å². The molecule has 0 unspecified atom stereocenters. The van der Waals surface area contributed by atoms with Crippen molar-refractivity contribution in [1.82, 2.24) is 15.1 Å². The number of hydrogen-bond donors (Lipinski definition) is 0. The normalized spacial score (nSPS) is 10.2. The van der Waals surface area contributed by atoms with Crippen LogP contribution in [0.25, 0.3) is 0 Å². The summed E-state index contributed by atoms with van der Waals surface area (Å²) in [5.74, 6) is 1.87. The Morgan fingerprint density at radius 3 is 3.07 bits per heavy atom. The number of aryl methyl sites for hydroxylation is 1. The Bertz CT molecular complexity index is 414. The molecule has 0 spiro atoms. The van der Waals surface area contributed by atoms with Crippen LogP contribution in [0.4, 0.5) is 0 Å². The minimum atomic E-state index is 0.301. The van der Waals surface area contributed by atoms with Crippen molar-refractivity contribution in [2.24, 2.45) is 0 Å². The highest BCUT2D eigenvalue weighted by Crippen LogP contribution is 2.08. The molecule has 2 aromatic heterocycles. The van der Waals surface area contributed by atoms with Crippen molar-refractivity contribution in [1.29, 1.82) is 0 Å². The van der Waals surface area contributed by atoms with Crippen LogP contribution >= 0.6 is 0 Å². The van der Waals surface area contributed by atoms with E-state index in [-0.39, 0.29) is 0 Å². The fourth-order valence-corrected chi connectivity index (χ4v) is 1.07. The van der Waals surface area contributed by atoms with Gasteiger partial charge in [-0.2, -0.15) is 4.98 Å². The van der Waals surface area contributed by atoms with Crippen LogP contribution in [0.1, 0.15) is 18.6 Å². The van der Waals surface area contributed by atoms with Crippen LogP contribution in [0.2, 0.25) is 0 Å². The maximum Gasteiger partial charge on any atom is 0.226 e. The van der Waals surface area contributed by atoms with Gasteiger partial charge in [0, 0.05) is 12.6 Å². The summed E-state index contributed by atoms with van der Waals surface area (Å²) in [5.41, 5.74) is 0. The molecule has 0 saturated carbocycles. The van der Waals surface area contributed by atoms with E-state index < -0.39 is 0 Å². The van der Waals surface area contributed by atoms with Gasteiger partial charge in [0.15, 0.2) is 6.61 Å². The summed E-state index contributed by atoms with van der Waals surface area (Å²) in [6, 6.07) is 3.64. The van der Waals surface area contributed by atoms with E-state index >= 15 is 0 Å². The van der Waals surface area contributed by atoms with Gasteiger partial charge < -0.3 is 9.26 Å². The Balaban J connectivity index is 1.93. The summed E-state index contributed by atoms with van der Waals surface area (Å²) in [4.78, 5) is 8.05. The molecule has 0 bridgehead atoms. The lowest BCUT2D eigenvalue weighted by atomic mass is 10.5. The van der Waals surface area contributed by atoms with Crippen molar-refractivity contribution >= 4 is 0 Å². The summed E-state index contributed by atoms with van der Waals surface area (Å²) in [5, 5.41) is 3.77. The molecule has 5 nitrogen and oxygen atoms in total. The highest BCUT2D eigenvalue weighted by atomic mass is 16.5. The fraction of sp³-hybridized carbons (Fsp3) is 0.300. The average molecular weight is 205 g/mol. The second-order valence-corrected chi connectivity index (χ2v) is 2.94. The smallest absolute Gasteiger partial charge is 0.226 e. The van der Waals surface area contributed by atoms with E-state index in [2.05, 4.69) is 15.1 Å². The Kier molecular flexibility index (Phi) is 2.92. The lowest BCUT2D eigenvalue weighted by Gasteiger charge is -2.00. The number of nitrogens with zero attached hydrogens (tertiary/aromatic N) is 3. The van der Waals surface area contributed by atoms with Gasteiger partial charge in [-0.05, 0) is 12.1 Å². The molecule has 0 radical (unpaired) electrons. The SMILES string of the molecule is CCc1nc(COc2cccnc2)no1. The molecule has 78 valence electrons. The molecule has 0 N–H and O–H groups in total. The van der Waals surface area contributed by atoms with E-state index in [1.165, 1.54) is 0 Å². The average Bonchev–Trinajstić information content (AvgIpc) is 2.76. The van der Waals surface area contributed by atoms with E-state index in [1.54, 1.807) is 12.4 Å². The molecule has 0 atom stereocenters. The van der Waals surface area contributed by atoms with E-state index in [0.717, 1.165) is 6.42 Å². The van der Waals surface area contributed by atoms with Crippen LogP contribution in [-0.2, 0) is 13.0 Å². The van der Waals surface area contributed by atoms with Gasteiger partial charge in [0.1, 0.15) is 5.75 Å². The van der Waals surface area contributed by atoms with Crippen molar-refractivity contribution < 1.29 is 9.26 Å². The Labute approximate surface area is 87.1 Å². The van der Waals surface area contributed by atoms with Crippen LogP contribution < -0.4 is 4.74 Å². The molecular weight excluding hydrogens is 194 g/mol. The molecule has 15 heavy (non-hydrogen) atoms. The van der Waals surface area contributed by atoms with E-state index in [1.807, 2.05) is 19.1 Å². The fourth-order valence-electron chi connectivity index (χ4n) is 1.07. The molecule has 2 rings (SSSR count). The van der Waals surface area contributed by atoms with Gasteiger partial charge in [0.05, 0.1) is 6.20 Å². The Hall–Kier alpha value is -1.91. The molecule has 0 amide bonds. The van der Waals surface area contributed by atoms with Crippen molar-refractivity contribution in [3.05, 3.63) is 36.2 Å². The summed E-state index contributed by atoms with van der Waals surface area (Å²) in [6.07, 6.45) is 4.07. The first-order valence-corrected chi connectivity index (χ1v) is 4.72. The van der Waals surface area contributed by atoms with Crippen LogP contribution in [0.15, 0.2) is 29.0 Å². The lowest BCUT2D eigenvalue weighted by Crippen LogP contribution is -1.97. The zero-order valence-electron chi connectivity index (χ0n) is 8.38. The van der Waals surface area contributed by atoms with Crippen LogP contribution in [0.5, 0.6) is 5.75 Å². The van der Waals surface area contributed by atoms with Gasteiger partial charge >= 0.3 is 0 Å². The number of rotatable bonds is 4. The maximum absolute atomic E-state index is 5.40. The summed E-state index contributed by atoms with van der Waals surface area (Å²) in [6.45, 7) is 2.26. The topological polar surface area (TPSA) is 61.0 Å². The molecule has 0 aliphatic carbocycles. The van der Waals surface area contributed by atoms with Crippen molar-refractivity contribution in [3.8, 4) is 5.75 Å². The molecular formula is C10H11N3O2. The van der Waals surface area contributed by atoms with Gasteiger partial charge in [-0.15, -0.1) is 0 Å². The van der Waals surface area contributed by atoms with Gasteiger partial charge in [-0.3, -0.25) is 4.98 Å². The van der Waals surface area contributed by atoms with Gasteiger partial charge in [0.2, 0.25) is 11.7 Å². The van der Waals surface area contributed by atoms with E-state index in [4.69, 9.17) is 9.26 Å². The molecule has 2 aromatic rings. The first kappa shape index (κ1) is 9.64. The highest BCUT2D eigenvalue weighted by molar-refractivity contribution is 5.15. The molecule has 0 saturated heterocycles. The third kappa shape index (κ3) is 2.52. The number of hydrogen-bond acceptors (Lipinski definition) is 5. The Morgan fingerprint density at radius 2 is 2.40 bits per heavy atom. The molecule has 0 aliphatic rings. The Morgan fingerprint density at radius 1 is 1.47 bits per heavy atom. The van der Waals surface area contributed by atoms with E-state index in [0.29, 0.717) is 24.1 Å². The van der Waals surface area contributed by atoms with Crippen molar-refractivity contribution in [2.45, 2.75) is 20.0 Å². The zero-order chi connectivity index (χ0) is 10.5. The van der Waals surface area contributed by atoms with Gasteiger partial charge in [-0.1, -0.05) is 12.1 Å². The van der Waals surface area contributed by atoms with Crippen molar-refractivity contribution in [3.63, 3.8) is 0 Å². The third-order valence-corrected chi connectivity index (χ3v) is 1.81. The second-order valence-electron chi connectivity index (χ2n) is 2.94. The van der Waals surface area contributed by atoms with Gasteiger partial charge in [-0.25, -0.2) is 0 Å². The zero-order valence-corrected chi connectivity index (χ0v) is 8.38. The standard InChI is InChI=1S/C10H11N3O2/c1-2-10-12-9(13-15-10)7-14-8-4-3-5-11-6-8/h3-6H,2,7H2,1H3. The molecule has 5 heteroatoms. The minimum absolute atomic E-state index is 0.301. The third-order valence-electron chi connectivity index (χ3n) is 1.81. The monoisotopic (exact) mass is 205 g/mol. The lowest BCUT2D eigenvalue weighted by molar-refractivity contribution is 0.284. The first-order chi connectivity index (χ1) is 7.38. The molecule has 0 aliphatic heterocycles. The maximum atomic E-state index is 5.40. The predicted octanol–water partition coefficient (Wildman–Crippen LogP) is 1.61. The summed E-state index contributed by atoms with van der Waals surface area (Å²) < 4.78 is 10.3. The van der Waals surface area contributed by atoms with Crippen LogP contribution in [-0.4, -0.2) is 15.1 Å². The highest BCUT2D eigenvalue weighted by Gasteiger charge is 2.04. The first-order valence-electron chi connectivity index (χ1n) is 4.72. The number of aromatic nitrogens is 3. The number of pyridine rings is 1. The van der Waals surface area contributed by atoms with Crippen LogP contribution in [0, 0.1) is 0 Å². The molecule has 0 aromatic carbocycles. The second kappa shape index (κ2) is 4.54. The molecule has 0 fully saturated rings. The predicted molar refractivity (Wildman–Crippen MR) is 52.2 cm³/mol. The largest absolute Gasteiger partial charge is 0.484 e. The van der Waals surface area contributed by atoms with Gasteiger partial charge in [0.25, 0.3) is 0 Å².